The Morgan fingerprint density at radius 1 is 1.43 bits per heavy atom. The fourth-order valence-corrected chi connectivity index (χ4v) is 3.72. The number of hydrogen-bond acceptors (Lipinski definition) is 7. The minimum Gasteiger partial charge on any atom is -0.466 e. The van der Waals surface area contributed by atoms with E-state index < -0.39 is 11.8 Å². The molecule has 1 aromatic carbocycles. The zero-order chi connectivity index (χ0) is 16.8. The Hall–Kier alpha value is -1.93. The Bertz CT molecular complexity index is 718. The molecule has 0 fully saturated rings. The van der Waals surface area contributed by atoms with Crippen molar-refractivity contribution >= 4 is 40.7 Å². The Morgan fingerprint density at radius 2 is 2.22 bits per heavy atom. The number of Topliss-reactive ketones (excluding diaryl/α,β-unsaturated/α-hetero) is 1. The van der Waals surface area contributed by atoms with E-state index in [1.165, 1.54) is 23.9 Å². The predicted molar refractivity (Wildman–Crippen MR) is 88.1 cm³/mol. The topological polar surface area (TPSA) is 82.3 Å². The summed E-state index contributed by atoms with van der Waals surface area (Å²) >= 11 is 2.48. The molecule has 8 heteroatoms. The van der Waals surface area contributed by atoms with E-state index in [0.717, 1.165) is 16.9 Å². The first-order valence-corrected chi connectivity index (χ1v) is 8.62. The van der Waals surface area contributed by atoms with Crippen LogP contribution in [0, 0.1) is 5.82 Å². The molecule has 2 rings (SSSR count). The fraction of sp³-hybridized carbons (Fsp3) is 0.267. The molecule has 1 heterocycles. The van der Waals surface area contributed by atoms with Gasteiger partial charge in [-0.1, -0.05) is 23.9 Å². The third-order valence-corrected chi connectivity index (χ3v) is 5.07. The van der Waals surface area contributed by atoms with Crippen molar-refractivity contribution in [2.75, 3.05) is 12.3 Å². The number of nitrogens with two attached hydrogens (primary N) is 1. The maximum Gasteiger partial charge on any atom is 0.313 e. The van der Waals surface area contributed by atoms with Gasteiger partial charge >= 0.3 is 5.97 Å². The average Bonchev–Trinajstić information content (AvgIpc) is 2.86. The van der Waals surface area contributed by atoms with Crippen LogP contribution in [-0.4, -0.2) is 23.3 Å². The number of carbonyl (C=O) groups is 2. The Morgan fingerprint density at radius 3 is 2.91 bits per heavy atom. The molecule has 0 atom stereocenters. The van der Waals surface area contributed by atoms with Gasteiger partial charge in [0.2, 0.25) is 0 Å². The SMILES string of the molecule is CCOC(=O)CC(=O)c1sc(SCc2cccc(F)c2)nc1N. The minimum atomic E-state index is -0.584. The molecule has 122 valence electrons. The first-order valence-electron chi connectivity index (χ1n) is 6.82. The molecule has 0 saturated carbocycles. The van der Waals surface area contributed by atoms with Crippen LogP contribution in [0.5, 0.6) is 0 Å². The standard InChI is InChI=1S/C15H15FN2O3S2/c1-2-21-12(20)7-11(19)13-14(17)18-15(23-13)22-8-9-4-3-5-10(16)6-9/h3-6H,2,7-8,17H2,1H3. The fourth-order valence-electron chi connectivity index (χ4n) is 1.77. The van der Waals surface area contributed by atoms with Gasteiger partial charge in [-0.25, -0.2) is 9.37 Å². The van der Waals surface area contributed by atoms with Crippen molar-refractivity contribution in [1.82, 2.24) is 4.98 Å². The van der Waals surface area contributed by atoms with E-state index in [4.69, 9.17) is 10.5 Å². The van der Waals surface area contributed by atoms with Crippen LogP contribution >= 0.6 is 23.1 Å². The molecule has 0 aliphatic rings. The lowest BCUT2D eigenvalue weighted by atomic mass is 10.2. The normalized spacial score (nSPS) is 10.5. The molecule has 23 heavy (non-hydrogen) atoms. The molecule has 5 nitrogen and oxygen atoms in total. The Labute approximate surface area is 141 Å². The van der Waals surface area contributed by atoms with E-state index in [1.807, 2.05) is 0 Å². The second-order valence-corrected chi connectivity index (χ2v) is 6.74. The maximum atomic E-state index is 13.1. The van der Waals surface area contributed by atoms with E-state index in [2.05, 4.69) is 4.98 Å². The molecular formula is C15H15FN2O3S2. The van der Waals surface area contributed by atoms with E-state index in [9.17, 15) is 14.0 Å². The van der Waals surface area contributed by atoms with Crippen molar-refractivity contribution in [3.63, 3.8) is 0 Å². The number of esters is 1. The number of benzene rings is 1. The van der Waals surface area contributed by atoms with Crippen molar-refractivity contribution in [2.45, 2.75) is 23.4 Å². The number of thiazole rings is 1. The lowest BCUT2D eigenvalue weighted by molar-refractivity contribution is -0.141. The van der Waals surface area contributed by atoms with E-state index in [-0.39, 0.29) is 29.5 Å². The first-order chi connectivity index (χ1) is 11.0. The predicted octanol–water partition coefficient (Wildman–Crippen LogP) is 3.29. The third kappa shape index (κ3) is 5.04. The number of ether oxygens (including phenoxy) is 1. The summed E-state index contributed by atoms with van der Waals surface area (Å²) in [7, 11) is 0. The van der Waals surface area contributed by atoms with Gasteiger partial charge in [0.05, 0.1) is 6.61 Å². The van der Waals surface area contributed by atoms with Gasteiger partial charge in [-0.3, -0.25) is 9.59 Å². The summed E-state index contributed by atoms with van der Waals surface area (Å²) in [6, 6.07) is 6.26. The van der Waals surface area contributed by atoms with Gasteiger partial charge < -0.3 is 10.5 Å². The summed E-state index contributed by atoms with van der Waals surface area (Å²) in [6.45, 7) is 1.89. The average molecular weight is 354 g/mol. The molecule has 2 N–H and O–H groups in total. The van der Waals surface area contributed by atoms with Gasteiger partial charge in [0.25, 0.3) is 0 Å². The molecule has 0 radical (unpaired) electrons. The summed E-state index contributed by atoms with van der Waals surface area (Å²) < 4.78 is 18.5. The largest absolute Gasteiger partial charge is 0.466 e. The smallest absolute Gasteiger partial charge is 0.313 e. The monoisotopic (exact) mass is 354 g/mol. The number of carbonyl (C=O) groups excluding carboxylic acids is 2. The summed E-state index contributed by atoms with van der Waals surface area (Å²) in [4.78, 5) is 27.7. The number of nitrogens with zero attached hydrogens (tertiary/aromatic N) is 1. The molecule has 0 spiro atoms. The highest BCUT2D eigenvalue weighted by atomic mass is 32.2. The lowest BCUT2D eigenvalue weighted by Crippen LogP contribution is -2.11. The van der Waals surface area contributed by atoms with Crippen LogP contribution in [-0.2, 0) is 15.3 Å². The van der Waals surface area contributed by atoms with Crippen molar-refractivity contribution < 1.29 is 18.7 Å². The third-order valence-electron chi connectivity index (χ3n) is 2.75. The van der Waals surface area contributed by atoms with Gasteiger partial charge in [-0.05, 0) is 24.6 Å². The Balaban J connectivity index is 2.00. The second kappa shape index (κ2) is 8.07. The number of ketones is 1. The zero-order valence-corrected chi connectivity index (χ0v) is 14.0. The number of aromatic nitrogens is 1. The van der Waals surface area contributed by atoms with Gasteiger partial charge in [0.15, 0.2) is 10.1 Å². The maximum absolute atomic E-state index is 13.1. The van der Waals surface area contributed by atoms with Crippen LogP contribution in [0.2, 0.25) is 0 Å². The van der Waals surface area contributed by atoms with Crippen molar-refractivity contribution in [3.05, 3.63) is 40.5 Å². The quantitative estimate of drug-likeness (QED) is 0.356. The molecule has 0 amide bonds. The van der Waals surface area contributed by atoms with Crippen LogP contribution < -0.4 is 5.73 Å². The number of hydrogen-bond donors (Lipinski definition) is 1. The highest BCUT2D eigenvalue weighted by Crippen LogP contribution is 2.32. The first kappa shape index (κ1) is 17.4. The van der Waals surface area contributed by atoms with E-state index in [1.54, 1.807) is 19.1 Å². The van der Waals surface area contributed by atoms with Gasteiger partial charge in [-0.15, -0.1) is 11.3 Å². The van der Waals surface area contributed by atoms with Crippen LogP contribution in [0.25, 0.3) is 0 Å². The van der Waals surface area contributed by atoms with Crippen molar-refractivity contribution in [2.24, 2.45) is 0 Å². The summed E-state index contributed by atoms with van der Waals surface area (Å²) in [5.41, 5.74) is 6.55. The van der Waals surface area contributed by atoms with Crippen LogP contribution in [0.3, 0.4) is 0 Å². The lowest BCUT2D eigenvalue weighted by Gasteiger charge is -1.99. The molecule has 0 unspecified atom stereocenters. The molecule has 0 aliphatic heterocycles. The van der Waals surface area contributed by atoms with Gasteiger partial charge in [-0.2, -0.15) is 0 Å². The number of thioether (sulfide) groups is 1. The number of rotatable bonds is 7. The Kier molecular flexibility index (Phi) is 6.12. The molecular weight excluding hydrogens is 339 g/mol. The highest BCUT2D eigenvalue weighted by Gasteiger charge is 2.20. The van der Waals surface area contributed by atoms with Crippen LogP contribution in [0.15, 0.2) is 28.6 Å². The van der Waals surface area contributed by atoms with Crippen LogP contribution in [0.4, 0.5) is 10.2 Å². The van der Waals surface area contributed by atoms with E-state index >= 15 is 0 Å². The van der Waals surface area contributed by atoms with E-state index in [0.29, 0.717) is 10.1 Å². The van der Waals surface area contributed by atoms with Crippen molar-refractivity contribution in [3.8, 4) is 0 Å². The zero-order valence-electron chi connectivity index (χ0n) is 12.4. The molecule has 2 aromatic rings. The molecule has 0 saturated heterocycles. The summed E-state index contributed by atoms with van der Waals surface area (Å²) in [5, 5.41) is 0. The summed E-state index contributed by atoms with van der Waals surface area (Å²) in [6.07, 6.45) is -0.353. The van der Waals surface area contributed by atoms with Crippen molar-refractivity contribution in [1.29, 1.82) is 0 Å². The molecule has 0 aliphatic carbocycles. The highest BCUT2D eigenvalue weighted by molar-refractivity contribution is 8.00. The minimum absolute atomic E-state index is 0.103. The number of anilines is 1. The number of halogens is 1. The molecule has 0 bridgehead atoms. The number of nitrogen functional groups attached to an aromatic ring is 1. The van der Waals surface area contributed by atoms with Gasteiger partial charge in [0.1, 0.15) is 22.9 Å². The molecule has 1 aromatic heterocycles. The summed E-state index contributed by atoms with van der Waals surface area (Å²) in [5.74, 6) is -0.677. The van der Waals surface area contributed by atoms with Gasteiger partial charge in [0, 0.05) is 5.75 Å². The second-order valence-electron chi connectivity index (χ2n) is 4.52. The van der Waals surface area contributed by atoms with Crippen LogP contribution in [0.1, 0.15) is 28.6 Å².